The van der Waals surface area contributed by atoms with Crippen LogP contribution < -0.4 is 5.32 Å². The van der Waals surface area contributed by atoms with Gasteiger partial charge in [0.2, 0.25) is 11.7 Å². The Bertz CT molecular complexity index is 689. The third kappa shape index (κ3) is 3.66. The van der Waals surface area contributed by atoms with Gasteiger partial charge in [-0.2, -0.15) is 4.80 Å². The SMILES string of the molecule is Cc1cc(-c2nnn([C@H](C)C(=O)NC(C)(C)C)n2)ccc1F. The van der Waals surface area contributed by atoms with Gasteiger partial charge < -0.3 is 5.32 Å². The molecule has 0 unspecified atom stereocenters. The van der Waals surface area contributed by atoms with E-state index in [1.54, 1.807) is 26.0 Å². The summed E-state index contributed by atoms with van der Waals surface area (Å²) in [5.74, 6) is -0.112. The van der Waals surface area contributed by atoms with Gasteiger partial charge in [0.1, 0.15) is 11.9 Å². The zero-order valence-electron chi connectivity index (χ0n) is 13.4. The molecule has 0 radical (unpaired) electrons. The Kier molecular flexibility index (Phi) is 4.25. The fourth-order valence-electron chi connectivity index (χ4n) is 1.87. The number of nitrogens with one attached hydrogen (secondary N) is 1. The molecule has 2 rings (SSSR count). The second kappa shape index (κ2) is 5.82. The number of halogens is 1. The van der Waals surface area contributed by atoms with E-state index >= 15 is 0 Å². The monoisotopic (exact) mass is 305 g/mol. The molecular formula is C15H20FN5O. The molecule has 0 aliphatic rings. The Morgan fingerprint density at radius 2 is 2.05 bits per heavy atom. The molecule has 1 N–H and O–H groups in total. The van der Waals surface area contributed by atoms with Gasteiger partial charge >= 0.3 is 0 Å². The molecule has 0 spiro atoms. The lowest BCUT2D eigenvalue weighted by atomic mass is 10.1. The standard InChI is InChI=1S/C15H20FN5O/c1-9-8-11(6-7-12(9)16)13-18-20-21(19-13)10(2)14(22)17-15(3,4)5/h6-8,10H,1-5H3,(H,17,22)/t10-/m1/s1. The molecule has 6 nitrogen and oxygen atoms in total. The first kappa shape index (κ1) is 16.1. The molecule has 118 valence electrons. The second-order valence-corrected chi connectivity index (χ2v) is 6.31. The van der Waals surface area contributed by atoms with Crippen LogP contribution in [0.4, 0.5) is 4.39 Å². The summed E-state index contributed by atoms with van der Waals surface area (Å²) >= 11 is 0. The number of aryl methyl sites for hydroxylation is 1. The highest BCUT2D eigenvalue weighted by Crippen LogP contribution is 2.18. The molecule has 1 heterocycles. The molecule has 1 aromatic heterocycles. The summed E-state index contributed by atoms with van der Waals surface area (Å²) in [5, 5.41) is 14.9. The average Bonchev–Trinajstić information content (AvgIpc) is 2.88. The summed E-state index contributed by atoms with van der Waals surface area (Å²) in [7, 11) is 0. The Balaban J connectivity index is 2.20. The van der Waals surface area contributed by atoms with E-state index in [9.17, 15) is 9.18 Å². The molecule has 0 saturated heterocycles. The fourth-order valence-corrected chi connectivity index (χ4v) is 1.87. The summed E-state index contributed by atoms with van der Waals surface area (Å²) in [6.45, 7) is 9.07. The third-order valence-corrected chi connectivity index (χ3v) is 3.07. The molecule has 0 aliphatic carbocycles. The van der Waals surface area contributed by atoms with Crippen molar-refractivity contribution < 1.29 is 9.18 Å². The van der Waals surface area contributed by atoms with Crippen LogP contribution in [0.1, 0.15) is 39.3 Å². The van der Waals surface area contributed by atoms with Crippen LogP contribution in [0.3, 0.4) is 0 Å². The predicted molar refractivity (Wildman–Crippen MR) is 80.6 cm³/mol. The van der Waals surface area contributed by atoms with Crippen molar-refractivity contribution in [2.24, 2.45) is 0 Å². The number of hydrogen-bond donors (Lipinski definition) is 1. The number of nitrogens with zero attached hydrogens (tertiary/aromatic N) is 4. The van der Waals surface area contributed by atoms with Crippen LogP contribution >= 0.6 is 0 Å². The van der Waals surface area contributed by atoms with Crippen molar-refractivity contribution in [3.8, 4) is 11.4 Å². The second-order valence-electron chi connectivity index (χ2n) is 6.31. The fraction of sp³-hybridized carbons (Fsp3) is 0.467. The maximum Gasteiger partial charge on any atom is 0.246 e. The lowest BCUT2D eigenvalue weighted by Crippen LogP contribution is -2.44. The van der Waals surface area contributed by atoms with Crippen molar-refractivity contribution in [3.05, 3.63) is 29.6 Å². The molecule has 22 heavy (non-hydrogen) atoms. The van der Waals surface area contributed by atoms with Gasteiger partial charge in [-0.25, -0.2) is 4.39 Å². The number of carbonyl (C=O) groups is 1. The summed E-state index contributed by atoms with van der Waals surface area (Å²) in [5.41, 5.74) is 0.837. The van der Waals surface area contributed by atoms with Crippen LogP contribution in [-0.4, -0.2) is 31.7 Å². The van der Waals surface area contributed by atoms with Crippen LogP contribution in [0.15, 0.2) is 18.2 Å². The van der Waals surface area contributed by atoms with Crippen LogP contribution in [-0.2, 0) is 4.79 Å². The lowest BCUT2D eigenvalue weighted by Gasteiger charge is -2.22. The van der Waals surface area contributed by atoms with Gasteiger partial charge in [0.25, 0.3) is 0 Å². The minimum Gasteiger partial charge on any atom is -0.350 e. The van der Waals surface area contributed by atoms with Crippen molar-refractivity contribution in [2.75, 3.05) is 0 Å². The molecule has 0 fully saturated rings. The maximum absolute atomic E-state index is 13.3. The molecule has 1 atom stereocenters. The molecule has 1 aromatic carbocycles. The first-order valence-electron chi connectivity index (χ1n) is 7.05. The molecule has 1 amide bonds. The van der Waals surface area contributed by atoms with Crippen molar-refractivity contribution in [2.45, 2.75) is 46.2 Å². The molecule has 7 heteroatoms. The van der Waals surface area contributed by atoms with E-state index in [1.165, 1.54) is 10.9 Å². The first-order valence-corrected chi connectivity index (χ1v) is 7.05. The van der Waals surface area contributed by atoms with Crippen molar-refractivity contribution in [3.63, 3.8) is 0 Å². The number of tetrazole rings is 1. The normalized spacial score (nSPS) is 13.0. The van der Waals surface area contributed by atoms with E-state index in [0.29, 0.717) is 17.0 Å². The number of carbonyl (C=O) groups excluding carboxylic acids is 1. The first-order chi connectivity index (χ1) is 10.2. The molecule has 2 aromatic rings. The quantitative estimate of drug-likeness (QED) is 0.944. The van der Waals surface area contributed by atoms with Crippen molar-refractivity contribution in [1.82, 2.24) is 25.5 Å². The van der Waals surface area contributed by atoms with E-state index in [4.69, 9.17) is 0 Å². The van der Waals surface area contributed by atoms with Crippen molar-refractivity contribution >= 4 is 5.91 Å². The molecular weight excluding hydrogens is 285 g/mol. The minimum absolute atomic E-state index is 0.188. The predicted octanol–water partition coefficient (Wildman–Crippen LogP) is 2.26. The number of rotatable bonds is 3. The summed E-state index contributed by atoms with van der Waals surface area (Å²) < 4.78 is 13.3. The number of benzene rings is 1. The third-order valence-electron chi connectivity index (χ3n) is 3.07. The van der Waals surface area contributed by atoms with E-state index in [-0.39, 0.29) is 17.3 Å². The maximum atomic E-state index is 13.3. The smallest absolute Gasteiger partial charge is 0.246 e. The zero-order valence-corrected chi connectivity index (χ0v) is 13.4. The highest BCUT2D eigenvalue weighted by molar-refractivity contribution is 5.80. The van der Waals surface area contributed by atoms with Crippen molar-refractivity contribution in [1.29, 1.82) is 0 Å². The van der Waals surface area contributed by atoms with Crippen LogP contribution in [0.5, 0.6) is 0 Å². The zero-order chi connectivity index (χ0) is 16.5. The van der Waals surface area contributed by atoms with Gasteiger partial charge in [-0.3, -0.25) is 4.79 Å². The highest BCUT2D eigenvalue weighted by atomic mass is 19.1. The Morgan fingerprint density at radius 1 is 1.36 bits per heavy atom. The Hall–Kier alpha value is -2.31. The number of hydrogen-bond acceptors (Lipinski definition) is 4. The Morgan fingerprint density at radius 3 is 2.64 bits per heavy atom. The van der Waals surface area contributed by atoms with Gasteiger partial charge in [0, 0.05) is 11.1 Å². The summed E-state index contributed by atoms with van der Waals surface area (Å²) in [6.07, 6.45) is 0. The minimum atomic E-state index is -0.581. The van der Waals surface area contributed by atoms with Gasteiger partial charge in [-0.05, 0) is 63.6 Å². The molecule has 0 aliphatic heterocycles. The van der Waals surface area contributed by atoms with Gasteiger partial charge in [-0.15, -0.1) is 10.2 Å². The van der Waals surface area contributed by atoms with Crippen LogP contribution in [0, 0.1) is 12.7 Å². The number of amides is 1. The van der Waals surface area contributed by atoms with E-state index < -0.39 is 6.04 Å². The van der Waals surface area contributed by atoms with Gasteiger partial charge in [0.15, 0.2) is 0 Å². The highest BCUT2D eigenvalue weighted by Gasteiger charge is 2.22. The molecule has 0 bridgehead atoms. The summed E-state index contributed by atoms with van der Waals surface area (Å²) in [4.78, 5) is 13.4. The lowest BCUT2D eigenvalue weighted by molar-refractivity contribution is -0.125. The molecule has 0 saturated carbocycles. The topological polar surface area (TPSA) is 72.7 Å². The van der Waals surface area contributed by atoms with Gasteiger partial charge in [-0.1, -0.05) is 0 Å². The van der Waals surface area contributed by atoms with E-state index in [0.717, 1.165) is 0 Å². The van der Waals surface area contributed by atoms with E-state index in [1.807, 2.05) is 20.8 Å². The van der Waals surface area contributed by atoms with Crippen LogP contribution in [0.2, 0.25) is 0 Å². The average molecular weight is 305 g/mol. The number of aromatic nitrogens is 4. The Labute approximate surface area is 128 Å². The summed E-state index contributed by atoms with van der Waals surface area (Å²) in [6, 6.07) is 4.02. The van der Waals surface area contributed by atoms with Crippen LogP contribution in [0.25, 0.3) is 11.4 Å². The van der Waals surface area contributed by atoms with Gasteiger partial charge in [0.05, 0.1) is 0 Å². The largest absolute Gasteiger partial charge is 0.350 e. The van der Waals surface area contributed by atoms with E-state index in [2.05, 4.69) is 20.7 Å².